The summed E-state index contributed by atoms with van der Waals surface area (Å²) in [5, 5.41) is 6.86. The number of fused-ring (bicyclic) bond motifs is 1. The zero-order valence-electron chi connectivity index (χ0n) is 16.6. The third-order valence-electron chi connectivity index (χ3n) is 4.38. The lowest BCUT2D eigenvalue weighted by molar-refractivity contribution is -0.127. The van der Waals surface area contributed by atoms with Crippen LogP contribution in [0, 0.1) is 0 Å². The van der Waals surface area contributed by atoms with E-state index in [4.69, 9.17) is 4.74 Å². The van der Waals surface area contributed by atoms with Crippen molar-refractivity contribution in [1.29, 1.82) is 0 Å². The summed E-state index contributed by atoms with van der Waals surface area (Å²) in [7, 11) is 3.49. The maximum absolute atomic E-state index is 11.9. The Balaban J connectivity index is 2.17. The lowest BCUT2D eigenvalue weighted by Gasteiger charge is -2.38. The van der Waals surface area contributed by atoms with Crippen LogP contribution >= 0.6 is 0 Å². The van der Waals surface area contributed by atoms with E-state index >= 15 is 0 Å². The largest absolute Gasteiger partial charge is 0.487 e. The molecule has 26 heavy (non-hydrogen) atoms. The number of rotatable bonds is 6. The first-order chi connectivity index (χ1) is 12.3. The van der Waals surface area contributed by atoms with E-state index in [1.165, 1.54) is 0 Å². The molecule has 1 aliphatic rings. The smallest absolute Gasteiger partial charge is 0.243 e. The molecule has 6 nitrogen and oxygen atoms in total. The summed E-state index contributed by atoms with van der Waals surface area (Å²) < 4.78 is 6.10. The molecule has 0 aromatic heterocycles. The Hall–Kier alpha value is -2.24. The molecule has 0 saturated carbocycles. The van der Waals surface area contributed by atoms with Crippen LogP contribution in [-0.2, 0) is 4.79 Å². The normalized spacial score (nSPS) is 18.5. The molecule has 1 unspecified atom stereocenters. The van der Waals surface area contributed by atoms with E-state index in [0.717, 1.165) is 37.1 Å². The van der Waals surface area contributed by atoms with Gasteiger partial charge >= 0.3 is 0 Å². The van der Waals surface area contributed by atoms with Crippen LogP contribution in [0.3, 0.4) is 0 Å². The topological polar surface area (TPSA) is 66.0 Å². The standard InChI is InChI=1S/C20H32N4O2/c1-6-7-12-21-19(22-14-18(25)24(4)5)23-16-13-20(2,3)26-17-11-9-8-10-15(16)17/h8-11,16H,6-7,12-14H2,1-5H3,(H2,21,22,23). The number of hydrogen-bond acceptors (Lipinski definition) is 3. The van der Waals surface area contributed by atoms with Crippen molar-refractivity contribution in [2.75, 3.05) is 27.2 Å². The fourth-order valence-corrected chi connectivity index (χ4v) is 2.92. The van der Waals surface area contributed by atoms with Crippen molar-refractivity contribution in [2.45, 2.75) is 51.7 Å². The van der Waals surface area contributed by atoms with Crippen molar-refractivity contribution in [1.82, 2.24) is 15.5 Å². The van der Waals surface area contributed by atoms with Gasteiger partial charge in [-0.05, 0) is 26.3 Å². The number of aliphatic imine (C=N–C) groups is 1. The highest BCUT2D eigenvalue weighted by atomic mass is 16.5. The van der Waals surface area contributed by atoms with E-state index < -0.39 is 0 Å². The van der Waals surface area contributed by atoms with Gasteiger partial charge in [-0.15, -0.1) is 0 Å². The maximum Gasteiger partial charge on any atom is 0.243 e. The Labute approximate surface area is 157 Å². The summed E-state index contributed by atoms with van der Waals surface area (Å²) in [6.45, 7) is 7.29. The highest BCUT2D eigenvalue weighted by Gasteiger charge is 2.34. The molecule has 0 aliphatic carbocycles. The number of carbonyl (C=O) groups excluding carboxylic acids is 1. The highest BCUT2D eigenvalue weighted by Crippen LogP contribution is 2.39. The highest BCUT2D eigenvalue weighted by molar-refractivity contribution is 5.85. The Bertz CT molecular complexity index is 640. The second-order valence-electron chi connectivity index (χ2n) is 7.53. The monoisotopic (exact) mass is 360 g/mol. The first-order valence-corrected chi connectivity index (χ1v) is 9.35. The number of amides is 1. The van der Waals surface area contributed by atoms with Crippen molar-refractivity contribution in [3.05, 3.63) is 29.8 Å². The zero-order valence-corrected chi connectivity index (χ0v) is 16.6. The van der Waals surface area contributed by atoms with Crippen molar-refractivity contribution in [2.24, 2.45) is 4.99 Å². The average molecular weight is 361 g/mol. The second-order valence-corrected chi connectivity index (χ2v) is 7.53. The number of ether oxygens (including phenoxy) is 1. The SMILES string of the molecule is CCCCNC(=NCC(=O)N(C)C)NC1CC(C)(C)Oc2ccccc21. The molecule has 144 valence electrons. The molecule has 1 aliphatic heterocycles. The predicted molar refractivity (Wildman–Crippen MR) is 106 cm³/mol. The van der Waals surface area contributed by atoms with Crippen LogP contribution in [0.4, 0.5) is 0 Å². The fraction of sp³-hybridized carbons (Fsp3) is 0.600. The van der Waals surface area contributed by atoms with Crippen LogP contribution in [0.2, 0.25) is 0 Å². The quantitative estimate of drug-likeness (QED) is 0.465. The van der Waals surface area contributed by atoms with Crippen LogP contribution < -0.4 is 15.4 Å². The molecule has 1 aromatic carbocycles. The average Bonchev–Trinajstić information content (AvgIpc) is 2.58. The van der Waals surface area contributed by atoms with E-state index in [9.17, 15) is 4.79 Å². The molecule has 2 rings (SSSR count). The van der Waals surface area contributed by atoms with Gasteiger partial charge < -0.3 is 20.3 Å². The van der Waals surface area contributed by atoms with Crippen molar-refractivity contribution >= 4 is 11.9 Å². The molecule has 1 aromatic rings. The zero-order chi connectivity index (χ0) is 19.2. The number of nitrogens with one attached hydrogen (secondary N) is 2. The fourth-order valence-electron chi connectivity index (χ4n) is 2.92. The van der Waals surface area contributed by atoms with Gasteiger partial charge in [0.15, 0.2) is 5.96 Å². The number of benzene rings is 1. The number of hydrogen-bond donors (Lipinski definition) is 2. The van der Waals surface area contributed by atoms with E-state index in [-0.39, 0.29) is 24.1 Å². The molecular formula is C20H32N4O2. The van der Waals surface area contributed by atoms with Gasteiger partial charge in [-0.25, -0.2) is 4.99 Å². The van der Waals surface area contributed by atoms with Crippen LogP contribution in [0.5, 0.6) is 5.75 Å². The van der Waals surface area contributed by atoms with Gasteiger partial charge in [-0.3, -0.25) is 4.79 Å². The predicted octanol–water partition coefficient (Wildman–Crippen LogP) is 2.71. The van der Waals surface area contributed by atoms with Gasteiger partial charge in [-0.2, -0.15) is 0 Å². The molecular weight excluding hydrogens is 328 g/mol. The molecule has 2 N–H and O–H groups in total. The lowest BCUT2D eigenvalue weighted by atomic mass is 9.90. The first-order valence-electron chi connectivity index (χ1n) is 9.35. The second kappa shape index (κ2) is 8.92. The minimum atomic E-state index is -0.264. The van der Waals surface area contributed by atoms with Gasteiger partial charge in [-0.1, -0.05) is 31.5 Å². The van der Waals surface area contributed by atoms with E-state index in [1.807, 2.05) is 18.2 Å². The van der Waals surface area contributed by atoms with Crippen LogP contribution in [0.25, 0.3) is 0 Å². The Morgan fingerprint density at radius 1 is 1.35 bits per heavy atom. The number of unbranched alkanes of at least 4 members (excludes halogenated alkanes) is 1. The summed E-state index contributed by atoms with van der Waals surface area (Å²) in [5.74, 6) is 1.55. The summed E-state index contributed by atoms with van der Waals surface area (Å²) in [6.07, 6.45) is 2.97. The molecule has 1 amide bonds. The van der Waals surface area contributed by atoms with Gasteiger partial charge in [0.25, 0.3) is 0 Å². The van der Waals surface area contributed by atoms with E-state index in [0.29, 0.717) is 5.96 Å². The third kappa shape index (κ3) is 5.64. The Morgan fingerprint density at radius 2 is 2.08 bits per heavy atom. The van der Waals surface area contributed by atoms with Gasteiger partial charge in [0, 0.05) is 32.6 Å². The maximum atomic E-state index is 11.9. The van der Waals surface area contributed by atoms with Crippen LogP contribution in [-0.4, -0.2) is 49.6 Å². The van der Waals surface area contributed by atoms with Crippen LogP contribution in [0.15, 0.2) is 29.3 Å². The number of likely N-dealkylation sites (N-methyl/N-ethyl adjacent to an activating group) is 1. The van der Waals surface area contributed by atoms with Crippen LogP contribution in [0.1, 0.15) is 51.6 Å². The Morgan fingerprint density at radius 3 is 2.77 bits per heavy atom. The summed E-state index contributed by atoms with van der Waals surface area (Å²) in [5.41, 5.74) is 0.857. The number of para-hydroxylation sites is 1. The number of carbonyl (C=O) groups is 1. The van der Waals surface area contributed by atoms with E-state index in [2.05, 4.69) is 42.5 Å². The number of guanidine groups is 1. The van der Waals surface area contributed by atoms with Gasteiger partial charge in [0.1, 0.15) is 17.9 Å². The minimum Gasteiger partial charge on any atom is -0.487 e. The van der Waals surface area contributed by atoms with Crippen molar-refractivity contribution < 1.29 is 9.53 Å². The summed E-state index contributed by atoms with van der Waals surface area (Å²) in [4.78, 5) is 18.0. The van der Waals surface area contributed by atoms with Crippen molar-refractivity contribution in [3.63, 3.8) is 0 Å². The molecule has 0 radical (unpaired) electrons. The lowest BCUT2D eigenvalue weighted by Crippen LogP contribution is -2.46. The molecule has 0 fully saturated rings. The number of nitrogens with zero attached hydrogens (tertiary/aromatic N) is 2. The van der Waals surface area contributed by atoms with Gasteiger partial charge in [0.05, 0.1) is 6.04 Å². The molecule has 6 heteroatoms. The first kappa shape index (κ1) is 20.1. The minimum absolute atomic E-state index is 0.0192. The molecule has 0 bridgehead atoms. The van der Waals surface area contributed by atoms with Crippen molar-refractivity contribution in [3.8, 4) is 5.75 Å². The van der Waals surface area contributed by atoms with Gasteiger partial charge in [0.2, 0.25) is 5.91 Å². The molecule has 1 atom stereocenters. The summed E-state index contributed by atoms with van der Waals surface area (Å²) in [6, 6.07) is 8.17. The van der Waals surface area contributed by atoms with E-state index in [1.54, 1.807) is 19.0 Å². The molecule has 0 saturated heterocycles. The molecule has 1 heterocycles. The summed E-state index contributed by atoms with van der Waals surface area (Å²) >= 11 is 0. The Kier molecular flexibility index (Phi) is 6.89. The third-order valence-corrected chi connectivity index (χ3v) is 4.38. The molecule has 0 spiro atoms.